The summed E-state index contributed by atoms with van der Waals surface area (Å²) in [6.07, 6.45) is 2.89. The summed E-state index contributed by atoms with van der Waals surface area (Å²) < 4.78 is 10.5. The van der Waals surface area contributed by atoms with Crippen molar-refractivity contribution in [2.75, 3.05) is 17.4 Å². The van der Waals surface area contributed by atoms with E-state index < -0.39 is 0 Å². The molecule has 2 heterocycles. The summed E-state index contributed by atoms with van der Waals surface area (Å²) >= 11 is 6.11. The third kappa shape index (κ3) is 3.78. The molecule has 0 saturated carbocycles. The van der Waals surface area contributed by atoms with Crippen LogP contribution in [0.3, 0.4) is 0 Å². The number of benzene rings is 2. The van der Waals surface area contributed by atoms with E-state index in [1.54, 1.807) is 24.3 Å². The monoisotopic (exact) mass is 382 g/mol. The molecule has 1 aliphatic heterocycles. The van der Waals surface area contributed by atoms with Crippen LogP contribution in [0, 0.1) is 6.92 Å². The number of fused-ring (bicyclic) bond motifs is 1. The van der Waals surface area contributed by atoms with Gasteiger partial charge in [-0.3, -0.25) is 4.79 Å². The number of carbonyl (C=O) groups excluding carboxylic acids is 1. The number of rotatable bonds is 4. The molecule has 4 rings (SSSR count). The fourth-order valence-electron chi connectivity index (χ4n) is 2.50. The Morgan fingerprint density at radius 2 is 1.85 bits per heavy atom. The summed E-state index contributed by atoms with van der Waals surface area (Å²) in [6.45, 7) is 2.11. The van der Waals surface area contributed by atoms with Crippen molar-refractivity contribution in [1.82, 2.24) is 9.97 Å². The molecule has 27 heavy (non-hydrogen) atoms. The van der Waals surface area contributed by atoms with Crippen molar-refractivity contribution in [2.24, 2.45) is 0 Å². The Balaban J connectivity index is 1.43. The van der Waals surface area contributed by atoms with Crippen molar-refractivity contribution in [1.29, 1.82) is 0 Å². The second-order valence-electron chi connectivity index (χ2n) is 5.90. The molecule has 0 fully saturated rings. The SMILES string of the molecule is Cc1ccc(Nc2cnc(C(=O)Nc3ccc4c(c3)OCO4)cn2)cc1Cl. The molecule has 3 aromatic rings. The average molecular weight is 383 g/mol. The lowest BCUT2D eigenvalue weighted by molar-refractivity contribution is 0.102. The van der Waals surface area contributed by atoms with Gasteiger partial charge in [-0.2, -0.15) is 0 Å². The average Bonchev–Trinajstić information content (AvgIpc) is 3.13. The molecule has 0 unspecified atom stereocenters. The minimum absolute atomic E-state index is 0.179. The molecule has 0 radical (unpaired) electrons. The minimum atomic E-state index is -0.369. The standard InChI is InChI=1S/C19H15ClN4O3/c1-11-2-3-12(6-14(11)20)23-18-9-21-15(8-22-18)19(25)24-13-4-5-16-17(7-13)27-10-26-16/h2-9H,10H2,1H3,(H,22,23)(H,24,25). The first-order valence-corrected chi connectivity index (χ1v) is 8.52. The van der Waals surface area contributed by atoms with E-state index in [4.69, 9.17) is 21.1 Å². The van der Waals surface area contributed by atoms with Gasteiger partial charge in [0.25, 0.3) is 5.91 Å². The third-order valence-corrected chi connectivity index (χ3v) is 4.37. The predicted molar refractivity (Wildman–Crippen MR) is 102 cm³/mol. The van der Waals surface area contributed by atoms with E-state index in [-0.39, 0.29) is 18.4 Å². The van der Waals surface area contributed by atoms with Gasteiger partial charge in [0, 0.05) is 22.5 Å². The summed E-state index contributed by atoms with van der Waals surface area (Å²) in [6, 6.07) is 10.8. The Bertz CT molecular complexity index is 1010. The molecular weight excluding hydrogens is 368 g/mol. The number of amides is 1. The van der Waals surface area contributed by atoms with Crippen molar-refractivity contribution in [2.45, 2.75) is 6.92 Å². The predicted octanol–water partition coefficient (Wildman–Crippen LogP) is 4.16. The van der Waals surface area contributed by atoms with E-state index in [9.17, 15) is 4.79 Å². The van der Waals surface area contributed by atoms with Gasteiger partial charge >= 0.3 is 0 Å². The largest absolute Gasteiger partial charge is 0.454 e. The van der Waals surface area contributed by atoms with E-state index in [0.29, 0.717) is 28.0 Å². The highest BCUT2D eigenvalue weighted by Gasteiger charge is 2.15. The van der Waals surface area contributed by atoms with Crippen molar-refractivity contribution in [3.63, 3.8) is 0 Å². The highest BCUT2D eigenvalue weighted by Crippen LogP contribution is 2.34. The first-order chi connectivity index (χ1) is 13.1. The first-order valence-electron chi connectivity index (χ1n) is 8.15. The number of ether oxygens (including phenoxy) is 2. The van der Waals surface area contributed by atoms with Crippen LogP contribution in [0.4, 0.5) is 17.2 Å². The smallest absolute Gasteiger partial charge is 0.275 e. The molecule has 1 amide bonds. The Kier molecular flexibility index (Phi) is 4.52. The summed E-state index contributed by atoms with van der Waals surface area (Å²) in [7, 11) is 0. The maximum atomic E-state index is 12.3. The van der Waals surface area contributed by atoms with E-state index in [1.165, 1.54) is 12.4 Å². The summed E-state index contributed by atoms with van der Waals surface area (Å²) in [4.78, 5) is 20.7. The van der Waals surface area contributed by atoms with E-state index in [2.05, 4.69) is 20.6 Å². The Morgan fingerprint density at radius 1 is 1.04 bits per heavy atom. The Hall–Kier alpha value is -3.32. The highest BCUT2D eigenvalue weighted by molar-refractivity contribution is 6.31. The van der Waals surface area contributed by atoms with Gasteiger partial charge in [-0.15, -0.1) is 0 Å². The minimum Gasteiger partial charge on any atom is -0.454 e. The van der Waals surface area contributed by atoms with Crippen LogP contribution in [0.15, 0.2) is 48.8 Å². The molecule has 7 nitrogen and oxygen atoms in total. The van der Waals surface area contributed by atoms with Gasteiger partial charge < -0.3 is 20.1 Å². The molecule has 0 spiro atoms. The number of nitrogens with one attached hydrogen (secondary N) is 2. The lowest BCUT2D eigenvalue weighted by atomic mass is 10.2. The molecule has 0 bridgehead atoms. The Labute approximate surface area is 160 Å². The van der Waals surface area contributed by atoms with Crippen molar-refractivity contribution in [3.05, 3.63) is 65.1 Å². The number of carbonyl (C=O) groups is 1. The molecule has 2 N–H and O–H groups in total. The lowest BCUT2D eigenvalue weighted by Gasteiger charge is -2.08. The van der Waals surface area contributed by atoms with Gasteiger partial charge in [0.15, 0.2) is 11.5 Å². The second kappa shape index (κ2) is 7.13. The molecular formula is C19H15ClN4O3. The maximum Gasteiger partial charge on any atom is 0.275 e. The van der Waals surface area contributed by atoms with Gasteiger partial charge in [-0.25, -0.2) is 9.97 Å². The van der Waals surface area contributed by atoms with Gasteiger partial charge in [0.05, 0.1) is 12.4 Å². The number of hydrogen-bond acceptors (Lipinski definition) is 6. The Morgan fingerprint density at radius 3 is 2.63 bits per heavy atom. The van der Waals surface area contributed by atoms with E-state index >= 15 is 0 Å². The second-order valence-corrected chi connectivity index (χ2v) is 6.31. The van der Waals surface area contributed by atoms with Crippen LogP contribution in [-0.4, -0.2) is 22.7 Å². The van der Waals surface area contributed by atoms with Gasteiger partial charge in [-0.1, -0.05) is 17.7 Å². The van der Waals surface area contributed by atoms with Crippen LogP contribution in [0.1, 0.15) is 16.1 Å². The summed E-state index contributed by atoms with van der Waals surface area (Å²) in [5.41, 5.74) is 2.56. The number of aromatic nitrogens is 2. The highest BCUT2D eigenvalue weighted by atomic mass is 35.5. The number of halogens is 1. The van der Waals surface area contributed by atoms with Crippen LogP contribution in [0.2, 0.25) is 5.02 Å². The number of nitrogens with zero attached hydrogens (tertiary/aromatic N) is 2. The zero-order valence-corrected chi connectivity index (χ0v) is 15.1. The molecule has 0 atom stereocenters. The number of hydrogen-bond donors (Lipinski definition) is 2. The fourth-order valence-corrected chi connectivity index (χ4v) is 2.68. The molecule has 0 aliphatic carbocycles. The molecule has 2 aromatic carbocycles. The van der Waals surface area contributed by atoms with Gasteiger partial charge in [-0.05, 0) is 36.8 Å². The molecule has 1 aromatic heterocycles. The van der Waals surface area contributed by atoms with Crippen LogP contribution < -0.4 is 20.1 Å². The van der Waals surface area contributed by atoms with E-state index in [1.807, 2.05) is 19.1 Å². The zero-order valence-electron chi connectivity index (χ0n) is 14.3. The number of anilines is 3. The number of aryl methyl sites for hydroxylation is 1. The van der Waals surface area contributed by atoms with Crippen LogP contribution in [0.25, 0.3) is 0 Å². The third-order valence-electron chi connectivity index (χ3n) is 3.96. The van der Waals surface area contributed by atoms with Gasteiger partial charge in [0.2, 0.25) is 6.79 Å². The molecule has 1 aliphatic rings. The van der Waals surface area contributed by atoms with Crippen molar-refractivity contribution < 1.29 is 14.3 Å². The van der Waals surface area contributed by atoms with Crippen LogP contribution in [0.5, 0.6) is 11.5 Å². The van der Waals surface area contributed by atoms with Crippen molar-refractivity contribution >= 4 is 34.7 Å². The summed E-state index contributed by atoms with van der Waals surface area (Å²) in [5.74, 6) is 1.38. The maximum absolute atomic E-state index is 12.3. The fraction of sp³-hybridized carbons (Fsp3) is 0.105. The zero-order chi connectivity index (χ0) is 18.8. The van der Waals surface area contributed by atoms with E-state index in [0.717, 1.165) is 11.3 Å². The topological polar surface area (TPSA) is 85.4 Å². The lowest BCUT2D eigenvalue weighted by Crippen LogP contribution is -2.14. The molecule has 136 valence electrons. The van der Waals surface area contributed by atoms with Crippen LogP contribution in [-0.2, 0) is 0 Å². The van der Waals surface area contributed by atoms with Crippen molar-refractivity contribution in [3.8, 4) is 11.5 Å². The van der Waals surface area contributed by atoms with Gasteiger partial charge in [0.1, 0.15) is 11.5 Å². The molecule has 8 heteroatoms. The molecule has 0 saturated heterocycles. The first kappa shape index (κ1) is 17.1. The summed E-state index contributed by atoms with van der Waals surface area (Å²) in [5, 5.41) is 6.51. The van der Waals surface area contributed by atoms with Crippen LogP contribution >= 0.6 is 11.6 Å². The quantitative estimate of drug-likeness (QED) is 0.704. The normalized spacial score (nSPS) is 11.9.